The Kier molecular flexibility index (Phi) is 4.33. The molecule has 2 N–H and O–H groups in total. The van der Waals surface area contributed by atoms with Crippen LogP contribution in [0.1, 0.15) is 36.8 Å². The zero-order valence-corrected chi connectivity index (χ0v) is 15.1. The Balaban J connectivity index is 1.86. The van der Waals surface area contributed by atoms with E-state index in [2.05, 4.69) is 10.6 Å². The molecule has 0 aliphatic carbocycles. The quantitative estimate of drug-likeness (QED) is 0.747. The predicted octanol–water partition coefficient (Wildman–Crippen LogP) is 1.17. The molecule has 7 nitrogen and oxygen atoms in total. The Hall–Kier alpha value is -2.62. The van der Waals surface area contributed by atoms with Gasteiger partial charge in [-0.15, -0.1) is 0 Å². The maximum absolute atomic E-state index is 14.9. The molecule has 150 valence electrons. The van der Waals surface area contributed by atoms with Crippen molar-refractivity contribution < 1.29 is 22.8 Å². The molecule has 3 heterocycles. The number of hydrogen-bond donors (Lipinski definition) is 2. The highest BCUT2D eigenvalue weighted by molar-refractivity contribution is 6.00. The zero-order chi connectivity index (χ0) is 20.2. The van der Waals surface area contributed by atoms with Crippen molar-refractivity contribution in [3.8, 4) is 0 Å². The molecule has 2 atom stereocenters. The summed E-state index contributed by atoms with van der Waals surface area (Å²) >= 11 is 0. The Labute approximate surface area is 157 Å². The second-order valence-electron chi connectivity index (χ2n) is 7.32. The number of nitrogens with zero attached hydrogens (tertiary/aromatic N) is 2. The number of alkyl halides is 2. The van der Waals surface area contributed by atoms with Gasteiger partial charge in [-0.2, -0.15) is 0 Å². The first-order valence-electron chi connectivity index (χ1n) is 9.03. The van der Waals surface area contributed by atoms with Crippen molar-refractivity contribution in [2.24, 2.45) is 7.05 Å². The normalized spacial score (nSPS) is 25.1. The Morgan fingerprint density at radius 2 is 1.89 bits per heavy atom. The number of hydrogen-bond acceptors (Lipinski definition) is 4. The summed E-state index contributed by atoms with van der Waals surface area (Å²) in [7, 11) is 1.44. The lowest BCUT2D eigenvalue weighted by Crippen LogP contribution is -2.45. The number of nitrogens with one attached hydrogen (secondary N) is 2. The first kappa shape index (κ1) is 18.7. The first-order chi connectivity index (χ1) is 13.2. The molecule has 10 heteroatoms. The van der Waals surface area contributed by atoms with Crippen LogP contribution in [0.3, 0.4) is 0 Å². The van der Waals surface area contributed by atoms with Gasteiger partial charge in [-0.05, 0) is 31.0 Å². The van der Waals surface area contributed by atoms with Crippen molar-refractivity contribution >= 4 is 22.8 Å². The lowest BCUT2D eigenvalue weighted by Gasteiger charge is -2.32. The molecule has 28 heavy (non-hydrogen) atoms. The highest BCUT2D eigenvalue weighted by atomic mass is 19.3. The molecule has 4 rings (SSSR count). The number of imide groups is 1. The van der Waals surface area contributed by atoms with Gasteiger partial charge in [0.15, 0.2) is 0 Å². The molecule has 0 radical (unpaired) electrons. The van der Waals surface area contributed by atoms with E-state index in [0.717, 1.165) is 10.6 Å². The number of benzene rings is 1. The van der Waals surface area contributed by atoms with Crippen LogP contribution in [0, 0.1) is 5.82 Å². The van der Waals surface area contributed by atoms with Crippen LogP contribution >= 0.6 is 0 Å². The summed E-state index contributed by atoms with van der Waals surface area (Å²) in [5, 5.41) is 4.77. The standard InChI is InChI=1S/C18H19F3N4O3/c1-24-13-6-9(10-4-5-22-8-18(10,20)21)11(19)7-14(13)25(17(24)28)12-2-3-15(26)23-16(12)27/h6-7,10,12,22H,2-5,8H2,1H3,(H,23,26,27). The Morgan fingerprint density at radius 3 is 2.57 bits per heavy atom. The van der Waals surface area contributed by atoms with Crippen molar-refractivity contribution in [2.45, 2.75) is 37.1 Å². The number of fused-ring (bicyclic) bond motifs is 1. The van der Waals surface area contributed by atoms with Crippen LogP contribution in [-0.4, -0.2) is 40.0 Å². The molecule has 2 aliphatic rings. The minimum Gasteiger partial charge on any atom is -0.311 e. The van der Waals surface area contributed by atoms with Crippen molar-refractivity contribution in [2.75, 3.05) is 13.1 Å². The number of carbonyl (C=O) groups excluding carboxylic acids is 2. The van der Waals surface area contributed by atoms with Gasteiger partial charge in [-0.1, -0.05) is 0 Å². The molecule has 2 saturated heterocycles. The Bertz CT molecular complexity index is 1040. The number of amides is 2. The lowest BCUT2D eigenvalue weighted by atomic mass is 9.86. The van der Waals surface area contributed by atoms with Gasteiger partial charge in [0, 0.05) is 19.5 Å². The predicted molar refractivity (Wildman–Crippen MR) is 93.7 cm³/mol. The molecule has 0 bridgehead atoms. The lowest BCUT2D eigenvalue weighted by molar-refractivity contribution is -0.135. The molecular weight excluding hydrogens is 377 g/mol. The summed E-state index contributed by atoms with van der Waals surface area (Å²) in [6.07, 6.45) is 0.234. The van der Waals surface area contributed by atoms with E-state index in [-0.39, 0.29) is 35.9 Å². The fourth-order valence-corrected chi connectivity index (χ4v) is 4.11. The summed E-state index contributed by atoms with van der Waals surface area (Å²) in [6, 6.07) is 1.35. The smallest absolute Gasteiger partial charge is 0.311 e. The third-order valence-electron chi connectivity index (χ3n) is 5.59. The van der Waals surface area contributed by atoms with Gasteiger partial charge in [0.25, 0.3) is 5.92 Å². The van der Waals surface area contributed by atoms with E-state index < -0.39 is 47.7 Å². The van der Waals surface area contributed by atoms with E-state index in [4.69, 9.17) is 0 Å². The molecule has 2 amide bonds. The second kappa shape index (κ2) is 6.47. The summed E-state index contributed by atoms with van der Waals surface area (Å²) in [6.45, 7) is -0.195. The second-order valence-corrected chi connectivity index (χ2v) is 7.32. The molecule has 2 unspecified atom stereocenters. The van der Waals surface area contributed by atoms with Gasteiger partial charge < -0.3 is 5.32 Å². The summed E-state index contributed by atoms with van der Waals surface area (Å²) in [5.74, 6) is -6.33. The number of piperidine rings is 2. The monoisotopic (exact) mass is 396 g/mol. The molecular formula is C18H19F3N4O3. The Morgan fingerprint density at radius 1 is 1.14 bits per heavy atom. The van der Waals surface area contributed by atoms with Crippen LogP contribution in [0.2, 0.25) is 0 Å². The highest BCUT2D eigenvalue weighted by Crippen LogP contribution is 2.40. The van der Waals surface area contributed by atoms with E-state index in [1.54, 1.807) is 0 Å². The van der Waals surface area contributed by atoms with Crippen molar-refractivity contribution in [3.05, 3.63) is 34.0 Å². The van der Waals surface area contributed by atoms with Gasteiger partial charge in [0.2, 0.25) is 11.8 Å². The fraction of sp³-hybridized carbons (Fsp3) is 0.500. The van der Waals surface area contributed by atoms with E-state index in [1.165, 1.54) is 17.7 Å². The highest BCUT2D eigenvalue weighted by Gasteiger charge is 2.44. The number of carbonyl (C=O) groups is 2. The molecule has 0 spiro atoms. The van der Waals surface area contributed by atoms with Crippen LogP contribution in [0.15, 0.2) is 16.9 Å². The number of rotatable bonds is 2. The molecule has 0 saturated carbocycles. The topological polar surface area (TPSA) is 85.1 Å². The molecule has 2 fully saturated rings. The average Bonchev–Trinajstić information content (AvgIpc) is 2.85. The summed E-state index contributed by atoms with van der Waals surface area (Å²) in [5.41, 5.74) is -0.311. The molecule has 2 aliphatic heterocycles. The van der Waals surface area contributed by atoms with Crippen molar-refractivity contribution in [3.63, 3.8) is 0 Å². The summed E-state index contributed by atoms with van der Waals surface area (Å²) < 4.78 is 45.8. The number of aromatic nitrogens is 2. The van der Waals surface area contributed by atoms with Crippen molar-refractivity contribution in [1.82, 2.24) is 19.8 Å². The maximum atomic E-state index is 14.9. The number of imidazole rings is 1. The van der Waals surface area contributed by atoms with E-state index >= 15 is 0 Å². The van der Waals surface area contributed by atoms with Crippen LogP contribution in [-0.2, 0) is 16.6 Å². The van der Waals surface area contributed by atoms with Gasteiger partial charge in [-0.3, -0.25) is 24.0 Å². The number of aryl methyl sites for hydroxylation is 1. The maximum Gasteiger partial charge on any atom is 0.329 e. The third kappa shape index (κ3) is 2.83. The van der Waals surface area contributed by atoms with Gasteiger partial charge in [0.05, 0.1) is 23.5 Å². The van der Waals surface area contributed by atoms with Crippen LogP contribution in [0.4, 0.5) is 13.2 Å². The van der Waals surface area contributed by atoms with Crippen molar-refractivity contribution in [1.29, 1.82) is 0 Å². The molecule has 2 aromatic rings. The number of halogens is 3. The zero-order valence-electron chi connectivity index (χ0n) is 15.1. The minimum atomic E-state index is -3.11. The van der Waals surface area contributed by atoms with Gasteiger partial charge in [-0.25, -0.2) is 18.0 Å². The SMILES string of the molecule is Cn1c(=O)n(C2CCC(=O)NC2=O)c2cc(F)c(C3CCNCC3(F)F)cc21. The van der Waals surface area contributed by atoms with Gasteiger partial charge >= 0.3 is 5.69 Å². The third-order valence-corrected chi connectivity index (χ3v) is 5.59. The fourth-order valence-electron chi connectivity index (χ4n) is 4.11. The van der Waals surface area contributed by atoms with E-state index in [0.29, 0.717) is 6.54 Å². The van der Waals surface area contributed by atoms with Gasteiger partial charge in [0.1, 0.15) is 11.9 Å². The van der Waals surface area contributed by atoms with Crippen LogP contribution in [0.25, 0.3) is 11.0 Å². The minimum absolute atomic E-state index is 0.0566. The average molecular weight is 396 g/mol. The van der Waals surface area contributed by atoms with Crippen LogP contribution in [0.5, 0.6) is 0 Å². The van der Waals surface area contributed by atoms with Crippen LogP contribution < -0.4 is 16.3 Å². The molecule has 1 aromatic heterocycles. The summed E-state index contributed by atoms with van der Waals surface area (Å²) in [4.78, 5) is 36.3. The van der Waals surface area contributed by atoms with E-state index in [1.807, 2.05) is 0 Å². The first-order valence-corrected chi connectivity index (χ1v) is 9.03. The largest absolute Gasteiger partial charge is 0.329 e. The van der Waals surface area contributed by atoms with E-state index in [9.17, 15) is 27.6 Å². The molecule has 1 aromatic carbocycles.